The summed E-state index contributed by atoms with van der Waals surface area (Å²) in [6.45, 7) is 4.40. The van der Waals surface area contributed by atoms with Gasteiger partial charge in [-0.1, -0.05) is 11.8 Å². The Morgan fingerprint density at radius 1 is 1.20 bits per heavy atom. The van der Waals surface area contributed by atoms with Gasteiger partial charge in [-0.3, -0.25) is 14.7 Å². The molecule has 1 saturated heterocycles. The number of aromatic nitrogens is 4. The van der Waals surface area contributed by atoms with E-state index in [0.717, 1.165) is 0 Å². The number of rotatable bonds is 4. The molecule has 0 atom stereocenters. The van der Waals surface area contributed by atoms with Crippen molar-refractivity contribution in [3.05, 3.63) is 53.6 Å². The fourth-order valence-electron chi connectivity index (χ4n) is 4.43. The molecule has 3 amide bonds. The number of nitroso groups, excluding NO2 is 1. The summed E-state index contributed by atoms with van der Waals surface area (Å²) < 4.78 is 0. The first-order chi connectivity index (χ1) is 17.0. The maximum absolute atomic E-state index is 13.2. The van der Waals surface area contributed by atoms with Crippen LogP contribution in [-0.2, 0) is 4.79 Å². The maximum atomic E-state index is 13.2. The first kappa shape index (κ1) is 22.0. The molecule has 12 nitrogen and oxygen atoms in total. The lowest BCUT2D eigenvalue weighted by Gasteiger charge is -2.41. The van der Waals surface area contributed by atoms with Crippen LogP contribution < -0.4 is 10.2 Å². The number of likely N-dealkylation sites (tertiary alicyclic amines) is 1. The van der Waals surface area contributed by atoms with Crippen molar-refractivity contribution in [1.82, 2.24) is 30.2 Å². The lowest BCUT2D eigenvalue weighted by atomic mass is 9.99. The van der Waals surface area contributed by atoms with Crippen LogP contribution in [0.25, 0.3) is 28.0 Å². The van der Waals surface area contributed by atoms with E-state index in [2.05, 4.69) is 32.0 Å². The summed E-state index contributed by atoms with van der Waals surface area (Å²) in [4.78, 5) is 56.3. The molecule has 12 heteroatoms. The second-order valence-electron chi connectivity index (χ2n) is 8.17. The van der Waals surface area contributed by atoms with Crippen LogP contribution in [0.15, 0.2) is 42.5 Å². The molecule has 5 rings (SSSR count). The van der Waals surface area contributed by atoms with Crippen molar-refractivity contribution in [2.75, 3.05) is 24.5 Å². The van der Waals surface area contributed by atoms with Gasteiger partial charge in [0.1, 0.15) is 11.6 Å². The van der Waals surface area contributed by atoms with Crippen LogP contribution in [0.1, 0.15) is 24.2 Å². The number of piperidine rings is 1. The Morgan fingerprint density at radius 3 is 2.63 bits per heavy atom. The molecule has 0 saturated carbocycles. The van der Waals surface area contributed by atoms with Crippen molar-refractivity contribution >= 4 is 34.4 Å². The van der Waals surface area contributed by atoms with E-state index in [-0.39, 0.29) is 30.3 Å². The Kier molecular flexibility index (Phi) is 5.58. The number of nitrogens with one attached hydrogen (secondary N) is 1. The molecule has 174 valence electrons. The third-order valence-electron chi connectivity index (χ3n) is 6.16. The highest BCUT2D eigenvalue weighted by molar-refractivity contribution is 6.11. The number of hydrogen-bond acceptors (Lipinski definition) is 9. The quantitative estimate of drug-likeness (QED) is 0.570. The van der Waals surface area contributed by atoms with Gasteiger partial charge in [0.15, 0.2) is 6.54 Å². The number of amides is 3. The minimum atomic E-state index is -0.389. The second-order valence-corrected chi connectivity index (χ2v) is 8.17. The number of nitriles is 1. The summed E-state index contributed by atoms with van der Waals surface area (Å²) in [6.07, 6.45) is 5.75. The zero-order valence-electron chi connectivity index (χ0n) is 18.5. The number of urea groups is 1. The topological polar surface area (TPSA) is 157 Å². The van der Waals surface area contributed by atoms with Gasteiger partial charge in [0.25, 0.3) is 0 Å². The summed E-state index contributed by atoms with van der Waals surface area (Å²) in [5, 5.41) is 14.4. The third-order valence-corrected chi connectivity index (χ3v) is 6.16. The van der Waals surface area contributed by atoms with E-state index in [1.807, 2.05) is 6.07 Å². The van der Waals surface area contributed by atoms with Crippen LogP contribution in [0.2, 0.25) is 0 Å². The molecule has 3 aromatic heterocycles. The molecule has 35 heavy (non-hydrogen) atoms. The molecule has 3 aromatic rings. The first-order valence-electron chi connectivity index (χ1n) is 10.9. The maximum Gasteiger partial charge on any atom is 0.326 e. The number of fused-ring (bicyclic) bond motifs is 3. The number of hydrogen-bond donors (Lipinski definition) is 1. The average Bonchev–Trinajstić information content (AvgIpc) is 2.89. The predicted molar refractivity (Wildman–Crippen MR) is 126 cm³/mol. The first-order valence-corrected chi connectivity index (χ1v) is 10.9. The van der Waals surface area contributed by atoms with Gasteiger partial charge in [-0.15, -0.1) is 0 Å². The Hall–Kier alpha value is -4.79. The number of nitrogens with zero attached hydrogens (tertiary/aromatic N) is 8. The third kappa shape index (κ3) is 3.93. The smallest absolute Gasteiger partial charge is 0.326 e. The lowest BCUT2D eigenvalue weighted by molar-refractivity contribution is -0.130. The van der Waals surface area contributed by atoms with E-state index in [1.165, 1.54) is 12.4 Å². The largest absolute Gasteiger partial charge is 0.341 e. The highest BCUT2D eigenvalue weighted by Crippen LogP contribution is 2.38. The molecule has 0 aliphatic carbocycles. The van der Waals surface area contributed by atoms with Gasteiger partial charge in [0.2, 0.25) is 11.7 Å². The average molecular weight is 469 g/mol. The summed E-state index contributed by atoms with van der Waals surface area (Å²) in [6, 6.07) is 4.93. The molecule has 0 spiro atoms. The van der Waals surface area contributed by atoms with Gasteiger partial charge in [-0.2, -0.15) is 10.2 Å². The fourth-order valence-corrected chi connectivity index (χ4v) is 4.43. The van der Waals surface area contributed by atoms with Crippen molar-refractivity contribution < 1.29 is 9.59 Å². The fraction of sp³-hybridized carbons (Fsp3) is 0.261. The van der Waals surface area contributed by atoms with Crippen LogP contribution in [0.3, 0.4) is 0 Å². The van der Waals surface area contributed by atoms with Crippen LogP contribution >= 0.6 is 0 Å². The summed E-state index contributed by atoms with van der Waals surface area (Å²) >= 11 is 0. The normalized spacial score (nSPS) is 16.0. The lowest BCUT2D eigenvalue weighted by Crippen LogP contribution is -2.54. The van der Waals surface area contributed by atoms with Crippen molar-refractivity contribution in [2.24, 2.45) is 5.18 Å². The number of anilines is 1. The van der Waals surface area contributed by atoms with Crippen molar-refractivity contribution in [2.45, 2.75) is 18.9 Å². The van der Waals surface area contributed by atoms with Gasteiger partial charge in [0.05, 0.1) is 16.9 Å². The molecular weight excluding hydrogens is 450 g/mol. The molecule has 5 heterocycles. The molecular formula is C23H19N9O3. The Bertz CT molecular complexity index is 1410. The van der Waals surface area contributed by atoms with Crippen LogP contribution in [-0.4, -0.2) is 62.5 Å². The summed E-state index contributed by atoms with van der Waals surface area (Å²) in [7, 11) is 0. The van der Waals surface area contributed by atoms with Crippen molar-refractivity contribution in [3.8, 4) is 17.3 Å². The van der Waals surface area contributed by atoms with E-state index in [0.29, 0.717) is 65.2 Å². The standard InChI is InChI=1S/C23H19N9O3/c1-13-16-11-25-18-3-2-17(14-9-26-19(8-24)27-10-14)30-21(18)22(16)32(23(34)29-13)15-4-6-31(7-5-15)20(33)12-28-35/h2-3,9-11,15H,1,4-7,12H2,(H,29,34). The summed E-state index contributed by atoms with van der Waals surface area (Å²) in [5.41, 5.74) is 3.97. The van der Waals surface area contributed by atoms with E-state index in [4.69, 9.17) is 10.2 Å². The monoisotopic (exact) mass is 469 g/mol. The van der Waals surface area contributed by atoms with Crippen LogP contribution in [0, 0.1) is 16.2 Å². The Labute approximate surface area is 199 Å². The molecule has 1 N–H and O–H groups in total. The number of carbonyl (C=O) groups excluding carboxylic acids is 2. The molecule has 0 aromatic carbocycles. The van der Waals surface area contributed by atoms with E-state index in [9.17, 15) is 14.5 Å². The molecule has 2 aliphatic rings. The van der Waals surface area contributed by atoms with Gasteiger partial charge < -0.3 is 10.2 Å². The SMILES string of the molecule is C=C1NC(=O)N(C2CCN(C(=O)CN=O)CC2)c2c1cnc1ccc(-c3cnc(C#N)nc3)nc21. The van der Waals surface area contributed by atoms with E-state index >= 15 is 0 Å². The molecule has 0 radical (unpaired) electrons. The number of carbonyl (C=O) groups is 2. The van der Waals surface area contributed by atoms with Crippen molar-refractivity contribution in [3.63, 3.8) is 0 Å². The summed E-state index contributed by atoms with van der Waals surface area (Å²) in [5.74, 6) is -0.262. The molecule has 0 bridgehead atoms. The van der Waals surface area contributed by atoms with Crippen molar-refractivity contribution in [1.29, 1.82) is 5.26 Å². The van der Waals surface area contributed by atoms with Gasteiger partial charge in [-0.05, 0) is 25.0 Å². The highest BCUT2D eigenvalue weighted by Gasteiger charge is 2.37. The zero-order chi connectivity index (χ0) is 24.5. The Morgan fingerprint density at radius 2 is 1.94 bits per heavy atom. The van der Waals surface area contributed by atoms with Crippen LogP contribution in [0.4, 0.5) is 10.5 Å². The zero-order valence-corrected chi connectivity index (χ0v) is 18.5. The Balaban J connectivity index is 1.56. The molecule has 0 unspecified atom stereocenters. The predicted octanol–water partition coefficient (Wildman–Crippen LogP) is 2.22. The van der Waals surface area contributed by atoms with Gasteiger partial charge in [-0.25, -0.2) is 19.7 Å². The van der Waals surface area contributed by atoms with Gasteiger partial charge in [0, 0.05) is 54.5 Å². The van der Waals surface area contributed by atoms with Gasteiger partial charge >= 0.3 is 6.03 Å². The highest BCUT2D eigenvalue weighted by atomic mass is 16.3. The minimum absolute atomic E-state index is 0.0569. The second kappa shape index (κ2) is 8.86. The molecule has 2 aliphatic heterocycles. The van der Waals surface area contributed by atoms with E-state index in [1.54, 1.807) is 28.1 Å². The minimum Gasteiger partial charge on any atom is -0.341 e. The van der Waals surface area contributed by atoms with E-state index < -0.39 is 0 Å². The number of pyridine rings is 2. The molecule has 1 fully saturated rings. The van der Waals surface area contributed by atoms with Crippen LogP contribution in [0.5, 0.6) is 0 Å².